The second-order valence-electron chi connectivity index (χ2n) is 6.42. The third-order valence-electron chi connectivity index (χ3n) is 4.56. The fourth-order valence-corrected chi connectivity index (χ4v) is 3.14. The quantitative estimate of drug-likeness (QED) is 0.842. The van der Waals surface area contributed by atoms with Crippen LogP contribution in [-0.4, -0.2) is 5.91 Å². The van der Waals surface area contributed by atoms with E-state index in [1.165, 1.54) is 42.4 Å². The van der Waals surface area contributed by atoms with Crippen LogP contribution < -0.4 is 10.9 Å². The predicted octanol–water partition coefficient (Wildman–Crippen LogP) is 3.87. The van der Waals surface area contributed by atoms with Crippen molar-refractivity contribution in [3.63, 3.8) is 0 Å². The minimum Gasteiger partial charge on any atom is -0.287 e. The predicted molar refractivity (Wildman–Crippen MR) is 93.3 cm³/mol. The van der Waals surface area contributed by atoms with E-state index in [0.29, 0.717) is 5.56 Å². The van der Waals surface area contributed by atoms with Gasteiger partial charge in [-0.1, -0.05) is 35.9 Å². The van der Waals surface area contributed by atoms with Crippen LogP contribution >= 0.6 is 0 Å². The van der Waals surface area contributed by atoms with Crippen molar-refractivity contribution in [2.75, 3.05) is 0 Å². The second-order valence-corrected chi connectivity index (χ2v) is 6.42. The summed E-state index contributed by atoms with van der Waals surface area (Å²) in [6.45, 7) is 4.06. The number of benzene rings is 2. The number of carbonyl (C=O) groups is 1. The molecular weight excluding hydrogens is 284 g/mol. The highest BCUT2D eigenvalue weighted by Gasteiger charge is 2.13. The van der Waals surface area contributed by atoms with Crippen LogP contribution in [0.15, 0.2) is 42.5 Å². The van der Waals surface area contributed by atoms with Gasteiger partial charge in [0.05, 0.1) is 0 Å². The van der Waals surface area contributed by atoms with Gasteiger partial charge in [0.2, 0.25) is 0 Å². The monoisotopic (exact) mass is 308 g/mol. The minimum atomic E-state index is -0.0986. The molecule has 23 heavy (non-hydrogen) atoms. The summed E-state index contributed by atoms with van der Waals surface area (Å²) in [5.41, 5.74) is 11.9. The van der Waals surface area contributed by atoms with Gasteiger partial charge in [-0.2, -0.15) is 0 Å². The zero-order valence-corrected chi connectivity index (χ0v) is 13.9. The first-order chi connectivity index (χ1) is 11.1. The smallest absolute Gasteiger partial charge is 0.265 e. The number of hydrogen-bond donors (Lipinski definition) is 2. The van der Waals surface area contributed by atoms with Crippen molar-refractivity contribution in [1.29, 1.82) is 0 Å². The number of nitrogens with one attached hydrogen (secondary N) is 2. The Morgan fingerprint density at radius 2 is 1.83 bits per heavy atom. The van der Waals surface area contributed by atoms with Gasteiger partial charge < -0.3 is 0 Å². The molecule has 0 fully saturated rings. The summed E-state index contributed by atoms with van der Waals surface area (Å²) in [6, 6.07) is 14.4. The molecule has 0 spiro atoms. The molecule has 3 rings (SSSR count). The van der Waals surface area contributed by atoms with Crippen molar-refractivity contribution in [2.24, 2.45) is 0 Å². The van der Waals surface area contributed by atoms with Gasteiger partial charge in [-0.15, -0.1) is 0 Å². The van der Waals surface area contributed by atoms with E-state index in [2.05, 4.69) is 36.0 Å². The Morgan fingerprint density at radius 3 is 2.61 bits per heavy atom. The van der Waals surface area contributed by atoms with Gasteiger partial charge in [0.1, 0.15) is 0 Å². The number of fused-ring (bicyclic) bond motifs is 1. The molecule has 2 aromatic rings. The van der Waals surface area contributed by atoms with Gasteiger partial charge in [0.25, 0.3) is 5.91 Å². The molecule has 0 saturated carbocycles. The molecule has 1 amide bonds. The van der Waals surface area contributed by atoms with Crippen molar-refractivity contribution in [1.82, 2.24) is 10.9 Å². The lowest BCUT2D eigenvalue weighted by Crippen LogP contribution is -2.39. The summed E-state index contributed by atoms with van der Waals surface area (Å²) in [5, 5.41) is 0. The molecule has 120 valence electrons. The molecule has 1 unspecified atom stereocenters. The van der Waals surface area contributed by atoms with Crippen LogP contribution in [-0.2, 0) is 12.8 Å². The third kappa shape index (κ3) is 3.80. The van der Waals surface area contributed by atoms with E-state index >= 15 is 0 Å². The highest BCUT2D eigenvalue weighted by atomic mass is 16.2. The maximum Gasteiger partial charge on any atom is 0.265 e. The van der Waals surface area contributed by atoms with Crippen molar-refractivity contribution in [3.8, 4) is 0 Å². The van der Waals surface area contributed by atoms with Crippen LogP contribution in [0.1, 0.15) is 58.4 Å². The van der Waals surface area contributed by atoms with Crippen molar-refractivity contribution >= 4 is 5.91 Å². The van der Waals surface area contributed by atoms with Crippen LogP contribution in [0.3, 0.4) is 0 Å². The molecule has 0 radical (unpaired) electrons. The Morgan fingerprint density at radius 1 is 1.04 bits per heavy atom. The molecule has 0 heterocycles. The van der Waals surface area contributed by atoms with Crippen molar-refractivity contribution in [3.05, 3.63) is 70.3 Å². The molecule has 1 aliphatic carbocycles. The largest absolute Gasteiger partial charge is 0.287 e. The van der Waals surface area contributed by atoms with Crippen LogP contribution in [0.5, 0.6) is 0 Å². The Bertz CT molecular complexity index is 709. The molecule has 0 aromatic heterocycles. The molecule has 0 saturated heterocycles. The lowest BCUT2D eigenvalue weighted by atomic mass is 9.89. The highest BCUT2D eigenvalue weighted by Crippen LogP contribution is 2.24. The standard InChI is InChI=1S/C20H24N2O/c1-14-6-5-9-19(12-14)20(23)22-21-15(2)17-11-10-16-7-3-4-8-18(16)13-17/h5-6,9-13,15,21H,3-4,7-8H2,1-2H3,(H,22,23). The summed E-state index contributed by atoms with van der Waals surface area (Å²) < 4.78 is 0. The van der Waals surface area contributed by atoms with Gasteiger partial charge in [-0.25, -0.2) is 5.43 Å². The Hall–Kier alpha value is -2.13. The average Bonchev–Trinajstić information content (AvgIpc) is 2.59. The second kappa shape index (κ2) is 6.97. The zero-order chi connectivity index (χ0) is 16.2. The third-order valence-corrected chi connectivity index (χ3v) is 4.56. The molecule has 2 N–H and O–H groups in total. The van der Waals surface area contributed by atoms with E-state index in [-0.39, 0.29) is 11.9 Å². The van der Waals surface area contributed by atoms with Crippen LogP contribution in [0.2, 0.25) is 0 Å². The molecule has 1 aliphatic rings. The van der Waals surface area contributed by atoms with Crippen LogP contribution in [0.4, 0.5) is 0 Å². The first kappa shape index (κ1) is 15.8. The molecule has 0 bridgehead atoms. The Kier molecular flexibility index (Phi) is 4.77. The van der Waals surface area contributed by atoms with E-state index in [4.69, 9.17) is 0 Å². The number of hydrogen-bond acceptors (Lipinski definition) is 2. The van der Waals surface area contributed by atoms with Crippen LogP contribution in [0.25, 0.3) is 0 Å². The molecular formula is C20H24N2O. The van der Waals surface area contributed by atoms with E-state index in [9.17, 15) is 4.79 Å². The van der Waals surface area contributed by atoms with Gasteiger partial charge in [-0.05, 0) is 68.4 Å². The zero-order valence-electron chi connectivity index (χ0n) is 13.9. The van der Waals surface area contributed by atoms with E-state index in [1.54, 1.807) is 0 Å². The topological polar surface area (TPSA) is 41.1 Å². The lowest BCUT2D eigenvalue weighted by Gasteiger charge is -2.20. The SMILES string of the molecule is Cc1cccc(C(=O)NNC(C)c2ccc3c(c2)CCCC3)c1. The minimum absolute atomic E-state index is 0.0796. The Labute approximate surface area is 138 Å². The summed E-state index contributed by atoms with van der Waals surface area (Å²) >= 11 is 0. The highest BCUT2D eigenvalue weighted by molar-refractivity contribution is 5.94. The maximum absolute atomic E-state index is 12.2. The van der Waals surface area contributed by atoms with Gasteiger partial charge in [-0.3, -0.25) is 10.2 Å². The summed E-state index contributed by atoms with van der Waals surface area (Å²) in [5.74, 6) is -0.0986. The van der Waals surface area contributed by atoms with Crippen molar-refractivity contribution in [2.45, 2.75) is 45.6 Å². The van der Waals surface area contributed by atoms with E-state index in [1.807, 2.05) is 31.2 Å². The summed E-state index contributed by atoms with van der Waals surface area (Å²) in [7, 11) is 0. The molecule has 2 aromatic carbocycles. The number of amides is 1. The lowest BCUT2D eigenvalue weighted by molar-refractivity contribution is 0.0926. The van der Waals surface area contributed by atoms with E-state index in [0.717, 1.165) is 5.56 Å². The maximum atomic E-state index is 12.2. The number of aryl methyl sites for hydroxylation is 3. The molecule has 3 nitrogen and oxygen atoms in total. The summed E-state index contributed by atoms with van der Waals surface area (Å²) in [6.07, 6.45) is 4.95. The van der Waals surface area contributed by atoms with Crippen molar-refractivity contribution < 1.29 is 4.79 Å². The fourth-order valence-electron chi connectivity index (χ4n) is 3.14. The van der Waals surface area contributed by atoms with Crippen LogP contribution in [0, 0.1) is 6.92 Å². The fraction of sp³-hybridized carbons (Fsp3) is 0.350. The summed E-state index contributed by atoms with van der Waals surface area (Å²) in [4.78, 5) is 12.2. The number of carbonyl (C=O) groups excluding carboxylic acids is 1. The number of hydrazine groups is 1. The number of rotatable bonds is 4. The molecule has 0 aliphatic heterocycles. The Balaban J connectivity index is 1.63. The molecule has 3 heteroatoms. The van der Waals surface area contributed by atoms with E-state index < -0.39 is 0 Å². The average molecular weight is 308 g/mol. The van der Waals surface area contributed by atoms with Gasteiger partial charge in [0, 0.05) is 11.6 Å². The van der Waals surface area contributed by atoms with Gasteiger partial charge in [0.15, 0.2) is 0 Å². The normalized spacial score (nSPS) is 14.9. The van der Waals surface area contributed by atoms with Gasteiger partial charge >= 0.3 is 0 Å². The first-order valence-electron chi connectivity index (χ1n) is 8.38. The molecule has 1 atom stereocenters. The first-order valence-corrected chi connectivity index (χ1v) is 8.38.